The fraction of sp³-hybridized carbons (Fsp3) is 0.632. The van der Waals surface area contributed by atoms with Gasteiger partial charge in [0, 0.05) is 23.5 Å². The number of carbonyl (C=O) groups excluding carboxylic acids is 1. The van der Waals surface area contributed by atoms with Crippen molar-refractivity contribution in [2.24, 2.45) is 17.3 Å². The molecule has 0 bridgehead atoms. The van der Waals surface area contributed by atoms with Crippen molar-refractivity contribution in [1.29, 1.82) is 0 Å². The summed E-state index contributed by atoms with van der Waals surface area (Å²) in [6.45, 7) is 8.17. The molecule has 23 heavy (non-hydrogen) atoms. The summed E-state index contributed by atoms with van der Waals surface area (Å²) >= 11 is 6.08. The van der Waals surface area contributed by atoms with E-state index < -0.39 is 0 Å². The highest BCUT2D eigenvalue weighted by Gasteiger charge is 2.36. The summed E-state index contributed by atoms with van der Waals surface area (Å²) in [7, 11) is 0. The molecule has 2 fully saturated rings. The Kier molecular flexibility index (Phi) is 4.98. The molecule has 0 saturated carbocycles. The Morgan fingerprint density at radius 3 is 2.52 bits per heavy atom. The Labute approximate surface area is 144 Å². The summed E-state index contributed by atoms with van der Waals surface area (Å²) in [6, 6.07) is 7.86. The van der Waals surface area contributed by atoms with Crippen LogP contribution in [0.1, 0.15) is 32.3 Å². The number of carbonyl (C=O) groups is 1. The van der Waals surface area contributed by atoms with Gasteiger partial charge >= 0.3 is 0 Å². The molecule has 1 aromatic rings. The van der Waals surface area contributed by atoms with Crippen molar-refractivity contribution in [1.82, 2.24) is 10.2 Å². The lowest BCUT2D eigenvalue weighted by Crippen LogP contribution is -2.42. The van der Waals surface area contributed by atoms with Crippen molar-refractivity contribution in [3.8, 4) is 0 Å². The number of halogens is 1. The van der Waals surface area contributed by atoms with E-state index in [1.165, 1.54) is 0 Å². The van der Waals surface area contributed by atoms with Gasteiger partial charge in [-0.25, -0.2) is 0 Å². The molecule has 2 aliphatic heterocycles. The van der Waals surface area contributed by atoms with Gasteiger partial charge in [-0.3, -0.25) is 4.79 Å². The molecule has 3 rings (SSSR count). The first-order chi connectivity index (χ1) is 11.0. The molecule has 126 valence electrons. The van der Waals surface area contributed by atoms with Crippen LogP contribution < -0.4 is 5.32 Å². The smallest absolute Gasteiger partial charge is 0.228 e. The quantitative estimate of drug-likeness (QED) is 0.919. The van der Waals surface area contributed by atoms with E-state index in [1.807, 2.05) is 18.2 Å². The minimum absolute atomic E-state index is 0.283. The summed E-state index contributed by atoms with van der Waals surface area (Å²) in [6.07, 6.45) is 3.00. The minimum Gasteiger partial charge on any atom is -0.342 e. The predicted molar refractivity (Wildman–Crippen MR) is 94.6 cm³/mol. The van der Waals surface area contributed by atoms with E-state index in [9.17, 15) is 4.79 Å². The van der Waals surface area contributed by atoms with Gasteiger partial charge in [-0.05, 0) is 61.9 Å². The lowest BCUT2D eigenvalue weighted by Gasteiger charge is -2.31. The van der Waals surface area contributed by atoms with Crippen LogP contribution in [0.5, 0.6) is 0 Å². The second kappa shape index (κ2) is 6.82. The van der Waals surface area contributed by atoms with Crippen molar-refractivity contribution in [2.45, 2.75) is 33.1 Å². The molecule has 1 amide bonds. The largest absolute Gasteiger partial charge is 0.342 e. The van der Waals surface area contributed by atoms with Crippen molar-refractivity contribution >= 4 is 17.5 Å². The Bertz CT molecular complexity index is 558. The number of nitrogens with zero attached hydrogens (tertiary/aromatic N) is 1. The van der Waals surface area contributed by atoms with Crippen LogP contribution in [0.2, 0.25) is 5.02 Å². The third kappa shape index (κ3) is 3.89. The molecule has 0 aromatic heterocycles. The summed E-state index contributed by atoms with van der Waals surface area (Å²) in [5.41, 5.74) is 0.745. The number of nitrogens with one attached hydrogen (secondary N) is 1. The first-order valence-electron chi connectivity index (χ1n) is 8.70. The molecular formula is C19H27ClN2O. The van der Waals surface area contributed by atoms with Crippen LogP contribution in [-0.4, -0.2) is 37.0 Å². The molecule has 1 N–H and O–H groups in total. The van der Waals surface area contributed by atoms with Gasteiger partial charge in [0.25, 0.3) is 0 Å². The molecular weight excluding hydrogens is 308 g/mol. The van der Waals surface area contributed by atoms with E-state index >= 15 is 0 Å². The van der Waals surface area contributed by atoms with E-state index in [2.05, 4.69) is 30.1 Å². The monoisotopic (exact) mass is 334 g/mol. The zero-order valence-corrected chi connectivity index (χ0v) is 14.9. The first-order valence-corrected chi connectivity index (χ1v) is 9.08. The predicted octanol–water partition coefficient (Wildman–Crippen LogP) is 3.37. The number of hydrogen-bond acceptors (Lipinski definition) is 2. The number of fused-ring (bicyclic) bond motifs is 1. The highest BCUT2D eigenvalue weighted by atomic mass is 35.5. The molecule has 2 saturated heterocycles. The van der Waals surface area contributed by atoms with E-state index in [1.54, 1.807) is 0 Å². The van der Waals surface area contributed by atoms with Gasteiger partial charge in [-0.2, -0.15) is 0 Å². The number of hydrogen-bond donors (Lipinski definition) is 1. The summed E-state index contributed by atoms with van der Waals surface area (Å²) in [5.74, 6) is 1.79. The molecule has 1 aromatic carbocycles. The fourth-order valence-electron chi connectivity index (χ4n) is 4.08. The topological polar surface area (TPSA) is 32.3 Å². The Hall–Kier alpha value is -1.06. The van der Waals surface area contributed by atoms with Crippen molar-refractivity contribution < 1.29 is 4.79 Å². The zero-order valence-electron chi connectivity index (χ0n) is 14.1. The first kappa shape index (κ1) is 16.8. The average Bonchev–Trinajstić information content (AvgIpc) is 2.85. The molecule has 2 aliphatic rings. The van der Waals surface area contributed by atoms with Crippen LogP contribution in [-0.2, 0) is 11.2 Å². The number of benzene rings is 1. The standard InChI is InChI=1S/C19H27ClN2O/c1-19(2,11-14-4-3-5-17(20)10-14)18(23)22-8-6-15-12-21-13-16(15)7-9-22/h3-5,10,15-16,21H,6-9,11-13H2,1-2H3/t15-,16+. The lowest BCUT2D eigenvalue weighted by atomic mass is 9.84. The molecule has 0 unspecified atom stereocenters. The van der Waals surface area contributed by atoms with Gasteiger partial charge in [-0.1, -0.05) is 37.6 Å². The minimum atomic E-state index is -0.387. The molecule has 0 radical (unpaired) electrons. The average molecular weight is 335 g/mol. The van der Waals surface area contributed by atoms with Crippen molar-refractivity contribution in [3.05, 3.63) is 34.9 Å². The fourth-order valence-corrected chi connectivity index (χ4v) is 4.29. The van der Waals surface area contributed by atoms with Gasteiger partial charge in [-0.15, -0.1) is 0 Å². The van der Waals surface area contributed by atoms with E-state index in [0.29, 0.717) is 0 Å². The molecule has 0 aliphatic carbocycles. The normalized spacial score (nSPS) is 25.1. The Morgan fingerprint density at radius 2 is 1.91 bits per heavy atom. The third-order valence-electron chi connectivity index (χ3n) is 5.42. The maximum Gasteiger partial charge on any atom is 0.228 e. The number of amides is 1. The molecule has 0 spiro atoms. The van der Waals surface area contributed by atoms with E-state index in [-0.39, 0.29) is 11.3 Å². The maximum atomic E-state index is 13.1. The van der Waals surface area contributed by atoms with Gasteiger partial charge in [0.15, 0.2) is 0 Å². The second-order valence-electron chi connectivity index (χ2n) is 7.74. The van der Waals surface area contributed by atoms with Gasteiger partial charge in [0.05, 0.1) is 0 Å². The van der Waals surface area contributed by atoms with Gasteiger partial charge in [0.2, 0.25) is 5.91 Å². The molecule has 2 atom stereocenters. The highest BCUT2D eigenvalue weighted by Crippen LogP contribution is 2.31. The number of rotatable bonds is 3. The highest BCUT2D eigenvalue weighted by molar-refractivity contribution is 6.30. The van der Waals surface area contributed by atoms with Crippen LogP contribution in [0.4, 0.5) is 0 Å². The molecule has 2 heterocycles. The Balaban J connectivity index is 1.66. The zero-order chi connectivity index (χ0) is 16.4. The van der Waals surface area contributed by atoms with Gasteiger partial charge < -0.3 is 10.2 Å². The van der Waals surface area contributed by atoms with Crippen LogP contribution >= 0.6 is 11.6 Å². The van der Waals surface area contributed by atoms with Crippen LogP contribution in [0, 0.1) is 17.3 Å². The summed E-state index contributed by atoms with van der Waals surface area (Å²) in [4.78, 5) is 15.2. The van der Waals surface area contributed by atoms with Crippen LogP contribution in [0.25, 0.3) is 0 Å². The molecule has 4 heteroatoms. The van der Waals surface area contributed by atoms with E-state index in [4.69, 9.17) is 11.6 Å². The third-order valence-corrected chi connectivity index (χ3v) is 5.66. The SMILES string of the molecule is CC(C)(Cc1cccc(Cl)c1)C(=O)N1CC[C@@H]2CNC[C@@H]2CC1. The Morgan fingerprint density at radius 1 is 1.26 bits per heavy atom. The van der Waals surface area contributed by atoms with Crippen LogP contribution in [0.3, 0.4) is 0 Å². The summed E-state index contributed by atoms with van der Waals surface area (Å²) in [5, 5.41) is 4.23. The lowest BCUT2D eigenvalue weighted by molar-refractivity contribution is -0.140. The van der Waals surface area contributed by atoms with Crippen LogP contribution in [0.15, 0.2) is 24.3 Å². The van der Waals surface area contributed by atoms with Crippen molar-refractivity contribution in [2.75, 3.05) is 26.2 Å². The second-order valence-corrected chi connectivity index (χ2v) is 8.17. The maximum absolute atomic E-state index is 13.1. The van der Waals surface area contributed by atoms with Crippen molar-refractivity contribution in [3.63, 3.8) is 0 Å². The number of likely N-dealkylation sites (tertiary alicyclic amines) is 1. The van der Waals surface area contributed by atoms with Gasteiger partial charge in [0.1, 0.15) is 0 Å². The van der Waals surface area contributed by atoms with E-state index in [0.717, 1.165) is 67.9 Å². The summed E-state index contributed by atoms with van der Waals surface area (Å²) < 4.78 is 0. The molecule has 3 nitrogen and oxygen atoms in total.